The lowest BCUT2D eigenvalue weighted by molar-refractivity contribution is -0.665. The molecule has 192 valence electrons. The number of allylic oxidation sites excluding steroid dienone is 4. The monoisotopic (exact) mass is 519 g/mol. The molecular weight excluding hydrogens is 484 g/mol. The number of benzene rings is 3. The molecule has 1 heterocycles. The van der Waals surface area contributed by atoms with E-state index in [4.69, 9.17) is 0 Å². The number of carbonyl (C=O) groups excluding carboxylic acids is 1. The van der Waals surface area contributed by atoms with E-state index in [1.54, 1.807) is 11.8 Å². The van der Waals surface area contributed by atoms with Crippen molar-refractivity contribution >= 4 is 39.2 Å². The van der Waals surface area contributed by atoms with Gasteiger partial charge >= 0.3 is 0 Å². The van der Waals surface area contributed by atoms with Crippen LogP contribution in [0.3, 0.4) is 0 Å². The van der Waals surface area contributed by atoms with Crippen LogP contribution in [-0.4, -0.2) is 5.91 Å². The van der Waals surface area contributed by atoms with Crippen LogP contribution in [0.2, 0.25) is 0 Å². The molecule has 0 saturated carbocycles. The zero-order valence-electron chi connectivity index (χ0n) is 22.6. The fourth-order valence-corrected chi connectivity index (χ4v) is 6.53. The van der Waals surface area contributed by atoms with E-state index in [-0.39, 0.29) is 11.3 Å². The van der Waals surface area contributed by atoms with Crippen LogP contribution in [0.25, 0.3) is 27.4 Å². The number of fused-ring (bicyclic) bond motifs is 1. The predicted molar refractivity (Wildman–Crippen MR) is 161 cm³/mol. The average molecular weight is 520 g/mol. The molecule has 1 amide bonds. The van der Waals surface area contributed by atoms with E-state index in [9.17, 15) is 4.79 Å². The van der Waals surface area contributed by atoms with E-state index >= 15 is 0 Å². The number of thiazole rings is 1. The largest absolute Gasteiger partial charge is 0.288 e. The highest BCUT2D eigenvalue weighted by molar-refractivity contribution is 7.18. The lowest BCUT2D eigenvalue weighted by Crippen LogP contribution is -2.33. The van der Waals surface area contributed by atoms with Crippen molar-refractivity contribution in [1.29, 1.82) is 0 Å². The van der Waals surface area contributed by atoms with Gasteiger partial charge in [0.2, 0.25) is 11.4 Å². The summed E-state index contributed by atoms with van der Waals surface area (Å²) in [5.41, 5.74) is 7.36. The van der Waals surface area contributed by atoms with E-state index in [0.29, 0.717) is 0 Å². The first-order valence-corrected chi connectivity index (χ1v) is 14.1. The maximum absolute atomic E-state index is 12.4. The van der Waals surface area contributed by atoms with Crippen molar-refractivity contribution < 1.29 is 9.36 Å². The molecule has 5 rings (SSSR count). The van der Waals surface area contributed by atoms with E-state index in [1.807, 2.05) is 47.9 Å². The minimum Gasteiger partial charge on any atom is -0.288 e. The van der Waals surface area contributed by atoms with Gasteiger partial charge in [-0.15, -0.1) is 0 Å². The SMILES string of the molecule is CC[n+]1c(C=C2C=C(C=CN(C(C)=O)c3ccccc3)CC(C)(C)C2)sc2ccc(-c3ccccc3)cc21. The number of hydrogen-bond acceptors (Lipinski definition) is 2. The van der Waals surface area contributed by atoms with Gasteiger partial charge in [-0.2, -0.15) is 4.57 Å². The summed E-state index contributed by atoms with van der Waals surface area (Å²) >= 11 is 1.85. The van der Waals surface area contributed by atoms with Gasteiger partial charge in [0.15, 0.2) is 0 Å². The number of carbonyl (C=O) groups is 1. The van der Waals surface area contributed by atoms with Gasteiger partial charge in [-0.25, -0.2) is 0 Å². The molecular formula is C34H35N2OS+. The summed E-state index contributed by atoms with van der Waals surface area (Å²) in [4.78, 5) is 14.1. The number of nitrogens with zero attached hydrogens (tertiary/aromatic N) is 2. The molecule has 0 radical (unpaired) electrons. The number of amides is 1. The van der Waals surface area contributed by atoms with Crippen LogP contribution in [0.4, 0.5) is 5.69 Å². The van der Waals surface area contributed by atoms with E-state index in [0.717, 1.165) is 25.1 Å². The lowest BCUT2D eigenvalue weighted by atomic mass is 9.75. The minimum atomic E-state index is 0.00280. The summed E-state index contributed by atoms with van der Waals surface area (Å²) in [6, 6.07) is 27.2. The number of rotatable bonds is 6. The quantitative estimate of drug-likeness (QED) is 0.234. The first-order valence-electron chi connectivity index (χ1n) is 13.3. The van der Waals surface area contributed by atoms with Crippen LogP contribution >= 0.6 is 11.3 Å². The van der Waals surface area contributed by atoms with Crippen molar-refractivity contribution in [2.24, 2.45) is 5.41 Å². The highest BCUT2D eigenvalue weighted by atomic mass is 32.1. The second kappa shape index (κ2) is 10.9. The van der Waals surface area contributed by atoms with Crippen LogP contribution in [0.1, 0.15) is 45.5 Å². The molecule has 38 heavy (non-hydrogen) atoms. The summed E-state index contributed by atoms with van der Waals surface area (Å²) in [6.07, 6.45) is 10.7. The predicted octanol–water partition coefficient (Wildman–Crippen LogP) is 8.57. The first-order chi connectivity index (χ1) is 18.3. The number of para-hydroxylation sites is 1. The average Bonchev–Trinajstić information content (AvgIpc) is 3.24. The fraction of sp³-hybridized carbons (Fsp3) is 0.235. The molecule has 1 aliphatic carbocycles. The van der Waals surface area contributed by atoms with Crippen molar-refractivity contribution in [1.82, 2.24) is 0 Å². The molecule has 0 N–H and O–H groups in total. The van der Waals surface area contributed by atoms with Crippen LogP contribution < -0.4 is 9.47 Å². The Labute approximate surface area is 230 Å². The van der Waals surface area contributed by atoms with Gasteiger partial charge in [0, 0.05) is 31.0 Å². The smallest absolute Gasteiger partial charge is 0.263 e. The van der Waals surface area contributed by atoms with Gasteiger partial charge in [-0.3, -0.25) is 9.69 Å². The molecule has 0 fully saturated rings. The number of aromatic nitrogens is 1. The van der Waals surface area contributed by atoms with E-state index < -0.39 is 0 Å². The van der Waals surface area contributed by atoms with Crippen molar-refractivity contribution in [3.63, 3.8) is 0 Å². The Kier molecular flexibility index (Phi) is 7.44. The standard InChI is InChI=1S/C34H35N2OS/c1-5-35-31-22-29(28-12-8-6-9-13-28)16-17-32(31)38-33(35)21-27-20-26(23-34(3,4)24-27)18-19-36(25(2)37)30-14-10-7-11-15-30/h6-22H,5,23-24H2,1-4H3/q+1. The van der Waals surface area contributed by atoms with Crippen molar-refractivity contribution in [2.75, 3.05) is 4.90 Å². The minimum absolute atomic E-state index is 0.00280. The van der Waals surface area contributed by atoms with E-state index in [1.165, 1.54) is 37.5 Å². The van der Waals surface area contributed by atoms with Crippen molar-refractivity contribution in [2.45, 2.75) is 47.1 Å². The van der Waals surface area contributed by atoms with Gasteiger partial charge in [-0.1, -0.05) is 85.9 Å². The first kappa shape index (κ1) is 25.9. The Bertz CT molecular complexity index is 1540. The summed E-state index contributed by atoms with van der Waals surface area (Å²) in [7, 11) is 0. The Morgan fingerprint density at radius 1 is 0.974 bits per heavy atom. The lowest BCUT2D eigenvalue weighted by Gasteiger charge is -2.30. The third-order valence-electron chi connectivity index (χ3n) is 7.01. The van der Waals surface area contributed by atoms with Gasteiger partial charge in [0.25, 0.3) is 5.01 Å². The number of anilines is 1. The molecule has 4 aromatic rings. The molecule has 0 spiro atoms. The van der Waals surface area contributed by atoms with E-state index in [2.05, 4.69) is 92.1 Å². The van der Waals surface area contributed by atoms with Gasteiger partial charge in [0.05, 0.1) is 0 Å². The van der Waals surface area contributed by atoms with Gasteiger partial charge in [-0.05, 0) is 71.7 Å². The second-order valence-electron chi connectivity index (χ2n) is 10.7. The number of aryl methyl sites for hydroxylation is 1. The molecule has 4 heteroatoms. The fourth-order valence-electron chi connectivity index (χ4n) is 5.34. The zero-order valence-corrected chi connectivity index (χ0v) is 23.5. The normalized spacial score (nSPS) is 16.2. The molecule has 3 nitrogen and oxygen atoms in total. The summed E-state index contributed by atoms with van der Waals surface area (Å²) in [5, 5.41) is 1.27. The topological polar surface area (TPSA) is 24.2 Å². The molecule has 0 atom stereocenters. The molecule has 0 aliphatic heterocycles. The van der Waals surface area contributed by atoms with Gasteiger partial charge < -0.3 is 0 Å². The summed E-state index contributed by atoms with van der Waals surface area (Å²) < 4.78 is 3.73. The molecule has 1 aliphatic rings. The Morgan fingerprint density at radius 3 is 2.37 bits per heavy atom. The number of hydrogen-bond donors (Lipinski definition) is 0. The van der Waals surface area contributed by atoms with Crippen LogP contribution in [0.5, 0.6) is 0 Å². The van der Waals surface area contributed by atoms with Crippen molar-refractivity contribution in [3.05, 3.63) is 113 Å². The summed E-state index contributed by atoms with van der Waals surface area (Å²) in [6.45, 7) is 9.40. The third kappa shape index (κ3) is 5.71. The van der Waals surface area contributed by atoms with Crippen LogP contribution in [0.15, 0.2) is 108 Å². The van der Waals surface area contributed by atoms with Crippen LogP contribution in [0, 0.1) is 5.41 Å². The zero-order chi connectivity index (χ0) is 26.7. The Morgan fingerprint density at radius 2 is 1.68 bits per heavy atom. The van der Waals surface area contributed by atoms with Crippen LogP contribution in [-0.2, 0) is 11.3 Å². The molecule has 0 unspecified atom stereocenters. The molecule has 3 aromatic carbocycles. The summed E-state index contributed by atoms with van der Waals surface area (Å²) in [5.74, 6) is 0.00280. The maximum Gasteiger partial charge on any atom is 0.263 e. The molecule has 0 saturated heterocycles. The highest BCUT2D eigenvalue weighted by Crippen LogP contribution is 2.39. The van der Waals surface area contributed by atoms with Gasteiger partial charge in [0.1, 0.15) is 11.2 Å². The highest BCUT2D eigenvalue weighted by Gasteiger charge is 2.26. The molecule has 0 bridgehead atoms. The van der Waals surface area contributed by atoms with Crippen molar-refractivity contribution in [3.8, 4) is 11.1 Å². The molecule has 1 aromatic heterocycles. The Balaban J connectivity index is 1.50. The maximum atomic E-state index is 12.4. The second-order valence-corrected chi connectivity index (χ2v) is 11.8. The third-order valence-corrected chi connectivity index (χ3v) is 8.12. The Hall–Kier alpha value is -3.76.